The Kier molecular flexibility index (Phi) is 5.91. The van der Waals surface area contributed by atoms with E-state index in [0.717, 1.165) is 0 Å². The SMILES string of the molecule is COC(=O)C(C(=O)OC)c1nc(C)nc(SC)c1C1OCCO1. The van der Waals surface area contributed by atoms with Gasteiger partial charge in [0.15, 0.2) is 12.2 Å². The van der Waals surface area contributed by atoms with Crippen molar-refractivity contribution < 1.29 is 28.5 Å². The minimum absolute atomic E-state index is 0.187. The molecule has 126 valence electrons. The molecule has 1 aliphatic rings. The first-order chi connectivity index (χ1) is 11.0. The maximum Gasteiger partial charge on any atom is 0.326 e. The normalized spacial score (nSPS) is 15.0. The van der Waals surface area contributed by atoms with Gasteiger partial charge in [-0.3, -0.25) is 9.59 Å². The van der Waals surface area contributed by atoms with Crippen LogP contribution in [0.2, 0.25) is 0 Å². The van der Waals surface area contributed by atoms with Crippen LogP contribution in [0, 0.1) is 6.92 Å². The molecule has 0 amide bonds. The van der Waals surface area contributed by atoms with Crippen LogP contribution in [-0.2, 0) is 28.5 Å². The quantitative estimate of drug-likeness (QED) is 0.336. The minimum Gasteiger partial charge on any atom is -0.468 e. The summed E-state index contributed by atoms with van der Waals surface area (Å²) in [6.45, 7) is 2.49. The second-order valence-corrected chi connectivity index (χ2v) is 5.43. The van der Waals surface area contributed by atoms with Gasteiger partial charge in [-0.1, -0.05) is 0 Å². The van der Waals surface area contributed by atoms with E-state index in [4.69, 9.17) is 18.9 Å². The number of rotatable bonds is 5. The van der Waals surface area contributed by atoms with E-state index < -0.39 is 24.1 Å². The van der Waals surface area contributed by atoms with Crippen molar-refractivity contribution in [1.29, 1.82) is 0 Å². The third-order valence-electron chi connectivity index (χ3n) is 3.25. The summed E-state index contributed by atoms with van der Waals surface area (Å²) in [5.74, 6) is -2.42. The summed E-state index contributed by atoms with van der Waals surface area (Å²) >= 11 is 1.35. The first kappa shape index (κ1) is 17.6. The molecule has 0 saturated carbocycles. The summed E-state index contributed by atoms with van der Waals surface area (Å²) in [6.07, 6.45) is 1.10. The number of aromatic nitrogens is 2. The van der Waals surface area contributed by atoms with Gasteiger partial charge in [0.05, 0.1) is 38.7 Å². The van der Waals surface area contributed by atoms with Crippen LogP contribution in [0.3, 0.4) is 0 Å². The second-order valence-electron chi connectivity index (χ2n) is 4.63. The Morgan fingerprint density at radius 1 is 1.17 bits per heavy atom. The number of carbonyl (C=O) groups excluding carboxylic acids is 2. The Labute approximate surface area is 137 Å². The highest BCUT2D eigenvalue weighted by Crippen LogP contribution is 2.36. The summed E-state index contributed by atoms with van der Waals surface area (Å²) in [5.41, 5.74) is 0.647. The van der Waals surface area contributed by atoms with Gasteiger partial charge in [0.25, 0.3) is 0 Å². The largest absolute Gasteiger partial charge is 0.468 e. The van der Waals surface area contributed by atoms with Crippen molar-refractivity contribution >= 4 is 23.7 Å². The molecule has 2 rings (SSSR count). The maximum absolute atomic E-state index is 12.1. The van der Waals surface area contributed by atoms with Crippen LogP contribution in [-0.4, -0.2) is 55.6 Å². The summed E-state index contributed by atoms with van der Waals surface area (Å²) in [6, 6.07) is 0. The molecule has 0 aromatic carbocycles. The molecule has 0 aliphatic carbocycles. The highest BCUT2D eigenvalue weighted by molar-refractivity contribution is 7.98. The molecule has 23 heavy (non-hydrogen) atoms. The van der Waals surface area contributed by atoms with E-state index in [0.29, 0.717) is 29.6 Å². The number of nitrogens with zero attached hydrogens (tertiary/aromatic N) is 2. The van der Waals surface area contributed by atoms with Crippen molar-refractivity contribution in [3.05, 3.63) is 17.1 Å². The topological polar surface area (TPSA) is 96.8 Å². The molecular weight excluding hydrogens is 324 g/mol. The number of hydrogen-bond donors (Lipinski definition) is 0. The third kappa shape index (κ3) is 3.62. The van der Waals surface area contributed by atoms with Crippen LogP contribution in [0.4, 0.5) is 0 Å². The molecule has 1 aromatic rings. The van der Waals surface area contributed by atoms with Crippen molar-refractivity contribution in [3.63, 3.8) is 0 Å². The van der Waals surface area contributed by atoms with Crippen molar-refractivity contribution in [1.82, 2.24) is 9.97 Å². The predicted molar refractivity (Wildman–Crippen MR) is 80.0 cm³/mol. The lowest BCUT2D eigenvalue weighted by Gasteiger charge is -2.20. The van der Waals surface area contributed by atoms with Crippen molar-refractivity contribution in [2.45, 2.75) is 24.2 Å². The van der Waals surface area contributed by atoms with E-state index in [1.165, 1.54) is 26.0 Å². The van der Waals surface area contributed by atoms with Gasteiger partial charge in [-0.25, -0.2) is 9.97 Å². The smallest absolute Gasteiger partial charge is 0.326 e. The van der Waals surface area contributed by atoms with Gasteiger partial charge in [0, 0.05) is 0 Å². The van der Waals surface area contributed by atoms with E-state index in [1.54, 1.807) is 6.92 Å². The number of hydrogen-bond acceptors (Lipinski definition) is 9. The van der Waals surface area contributed by atoms with Gasteiger partial charge < -0.3 is 18.9 Å². The number of esters is 2. The highest BCUT2D eigenvalue weighted by Gasteiger charge is 2.38. The molecule has 1 aliphatic heterocycles. The molecule has 8 nitrogen and oxygen atoms in total. The van der Waals surface area contributed by atoms with Gasteiger partial charge in [-0.05, 0) is 13.2 Å². The molecule has 1 fully saturated rings. The van der Waals surface area contributed by atoms with Crippen LogP contribution in [0.25, 0.3) is 0 Å². The molecule has 0 radical (unpaired) electrons. The second kappa shape index (κ2) is 7.71. The van der Waals surface area contributed by atoms with E-state index in [-0.39, 0.29) is 5.69 Å². The van der Waals surface area contributed by atoms with E-state index in [2.05, 4.69) is 9.97 Å². The Morgan fingerprint density at radius 3 is 2.22 bits per heavy atom. The predicted octanol–water partition coefficient (Wildman–Crippen LogP) is 0.982. The number of methoxy groups -OCH3 is 2. The van der Waals surface area contributed by atoms with Gasteiger partial charge in [0.1, 0.15) is 10.9 Å². The Hall–Kier alpha value is -1.71. The number of ether oxygens (including phenoxy) is 4. The molecule has 2 heterocycles. The molecule has 9 heteroatoms. The fraction of sp³-hybridized carbons (Fsp3) is 0.571. The summed E-state index contributed by atoms with van der Waals surface area (Å²) in [7, 11) is 2.40. The van der Waals surface area contributed by atoms with Gasteiger partial charge in [0.2, 0.25) is 0 Å². The fourth-order valence-corrected chi connectivity index (χ4v) is 2.90. The Balaban J connectivity index is 2.63. The summed E-state index contributed by atoms with van der Waals surface area (Å²) in [5, 5.41) is 0.581. The molecule has 0 atom stereocenters. The average molecular weight is 342 g/mol. The van der Waals surface area contributed by atoms with Crippen molar-refractivity contribution in [3.8, 4) is 0 Å². The molecule has 0 bridgehead atoms. The van der Waals surface area contributed by atoms with Crippen LogP contribution >= 0.6 is 11.8 Å². The summed E-state index contributed by atoms with van der Waals surface area (Å²) in [4.78, 5) is 32.9. The Morgan fingerprint density at radius 2 is 1.74 bits per heavy atom. The van der Waals surface area contributed by atoms with Crippen molar-refractivity contribution in [2.75, 3.05) is 33.7 Å². The molecule has 0 N–H and O–H groups in total. The molecule has 0 unspecified atom stereocenters. The van der Waals surface area contributed by atoms with Crippen LogP contribution in [0.5, 0.6) is 0 Å². The first-order valence-corrected chi connectivity index (χ1v) is 8.07. The number of aryl methyl sites for hydroxylation is 1. The van der Waals surface area contributed by atoms with E-state index >= 15 is 0 Å². The molecular formula is C14H18N2O6S. The lowest BCUT2D eigenvalue weighted by atomic mass is 10.0. The highest BCUT2D eigenvalue weighted by atomic mass is 32.2. The van der Waals surface area contributed by atoms with Gasteiger partial charge in [-0.2, -0.15) is 0 Å². The number of thioether (sulfide) groups is 1. The first-order valence-electron chi connectivity index (χ1n) is 6.84. The molecule has 1 saturated heterocycles. The summed E-state index contributed by atoms with van der Waals surface area (Å²) < 4.78 is 20.5. The van der Waals surface area contributed by atoms with Gasteiger partial charge >= 0.3 is 11.9 Å². The fourth-order valence-electron chi connectivity index (χ4n) is 2.25. The minimum atomic E-state index is -1.32. The zero-order valence-corrected chi connectivity index (χ0v) is 14.1. The van der Waals surface area contributed by atoms with E-state index in [1.807, 2.05) is 6.26 Å². The Bertz CT molecular complexity index is 587. The zero-order chi connectivity index (χ0) is 17.0. The third-order valence-corrected chi connectivity index (χ3v) is 3.95. The standard InChI is InChI=1S/C14H18N2O6S/c1-7-15-10(9(12(17)19-2)13(18)20-3)8(11(16-7)23-4)14-21-5-6-22-14/h9,14H,5-6H2,1-4H3. The number of carbonyl (C=O) groups is 2. The zero-order valence-electron chi connectivity index (χ0n) is 13.3. The maximum atomic E-state index is 12.1. The monoisotopic (exact) mass is 342 g/mol. The average Bonchev–Trinajstić information content (AvgIpc) is 3.07. The van der Waals surface area contributed by atoms with Crippen molar-refractivity contribution in [2.24, 2.45) is 0 Å². The molecule has 0 spiro atoms. The molecule has 1 aromatic heterocycles. The van der Waals surface area contributed by atoms with Crippen LogP contribution < -0.4 is 0 Å². The van der Waals surface area contributed by atoms with Crippen LogP contribution in [0.15, 0.2) is 5.03 Å². The lowest BCUT2D eigenvalue weighted by molar-refractivity contribution is -0.154. The van der Waals surface area contributed by atoms with E-state index in [9.17, 15) is 9.59 Å². The van der Waals surface area contributed by atoms with Crippen LogP contribution in [0.1, 0.15) is 29.3 Å². The lowest BCUT2D eigenvalue weighted by Crippen LogP contribution is -2.28. The van der Waals surface area contributed by atoms with Gasteiger partial charge in [-0.15, -0.1) is 11.8 Å².